The Morgan fingerprint density at radius 2 is 2.06 bits per heavy atom. The molecule has 96 valence electrons. The first-order chi connectivity index (χ1) is 8.41. The highest BCUT2D eigenvalue weighted by atomic mass is 79.9. The fourth-order valence-corrected chi connectivity index (χ4v) is 2.97. The fourth-order valence-electron chi connectivity index (χ4n) is 2.14. The predicted molar refractivity (Wildman–Crippen MR) is 78.6 cm³/mol. The van der Waals surface area contributed by atoms with Gasteiger partial charge in [-0.25, -0.2) is 0 Å². The number of anilines is 1. The second-order valence-corrected chi connectivity index (χ2v) is 6.59. The molecule has 0 saturated heterocycles. The third-order valence-electron chi connectivity index (χ3n) is 3.07. The van der Waals surface area contributed by atoms with Crippen molar-refractivity contribution in [2.24, 2.45) is 0 Å². The van der Waals surface area contributed by atoms with Crippen LogP contribution in [0.25, 0.3) is 0 Å². The second-order valence-electron chi connectivity index (χ2n) is 4.36. The van der Waals surface area contributed by atoms with Crippen molar-refractivity contribution in [3.63, 3.8) is 0 Å². The van der Waals surface area contributed by atoms with Gasteiger partial charge in [-0.15, -0.1) is 0 Å². The maximum Gasteiger partial charge on any atom is 0.223 e. The van der Waals surface area contributed by atoms with Gasteiger partial charge in [-0.3, -0.25) is 9.59 Å². The van der Waals surface area contributed by atoms with Gasteiger partial charge in [0.05, 0.1) is 4.83 Å². The molecule has 0 fully saturated rings. The molecule has 0 bridgehead atoms. The van der Waals surface area contributed by atoms with Crippen LogP contribution in [0, 0.1) is 0 Å². The molecule has 0 aliphatic carbocycles. The molecule has 1 aliphatic rings. The molecule has 0 spiro atoms. The van der Waals surface area contributed by atoms with E-state index >= 15 is 0 Å². The van der Waals surface area contributed by atoms with Crippen LogP contribution in [0.5, 0.6) is 0 Å². The third kappa shape index (κ3) is 2.38. The van der Waals surface area contributed by atoms with Crippen LogP contribution in [0.2, 0.25) is 0 Å². The van der Waals surface area contributed by atoms with E-state index in [4.69, 9.17) is 0 Å². The van der Waals surface area contributed by atoms with Crippen LogP contribution >= 0.6 is 31.9 Å². The van der Waals surface area contributed by atoms with Gasteiger partial charge in [0.1, 0.15) is 0 Å². The van der Waals surface area contributed by atoms with Crippen molar-refractivity contribution in [1.29, 1.82) is 0 Å². The summed E-state index contributed by atoms with van der Waals surface area (Å²) in [6, 6.07) is 3.76. The number of Topliss-reactive ketones (excluding diaryl/α,β-unsaturated/α-hetero) is 1. The van der Waals surface area contributed by atoms with E-state index in [1.54, 1.807) is 18.7 Å². The molecule has 0 aromatic heterocycles. The number of hydrogen-bond acceptors (Lipinski definition) is 2. The molecule has 0 N–H and O–H groups in total. The minimum Gasteiger partial charge on any atom is -0.312 e. The number of alkyl halides is 1. The Morgan fingerprint density at radius 1 is 1.39 bits per heavy atom. The number of amides is 1. The summed E-state index contributed by atoms with van der Waals surface area (Å²) in [6.45, 7) is 4.04. The fraction of sp³-hybridized carbons (Fsp3) is 0.385. The van der Waals surface area contributed by atoms with Gasteiger partial charge in [0.25, 0.3) is 0 Å². The number of rotatable bonds is 2. The number of carbonyl (C=O) groups excluding carboxylic acids is 2. The van der Waals surface area contributed by atoms with Crippen molar-refractivity contribution in [3.05, 3.63) is 27.7 Å². The molecule has 2 rings (SSSR count). The molecule has 1 atom stereocenters. The van der Waals surface area contributed by atoms with E-state index in [2.05, 4.69) is 31.9 Å². The topological polar surface area (TPSA) is 37.4 Å². The van der Waals surface area contributed by atoms with Crippen LogP contribution in [-0.2, 0) is 11.2 Å². The molecule has 1 heterocycles. The van der Waals surface area contributed by atoms with E-state index < -0.39 is 0 Å². The van der Waals surface area contributed by atoms with Crippen LogP contribution in [0.4, 0.5) is 5.69 Å². The zero-order chi connectivity index (χ0) is 13.4. The number of halogens is 2. The summed E-state index contributed by atoms with van der Waals surface area (Å²) in [7, 11) is 0. The van der Waals surface area contributed by atoms with Crippen molar-refractivity contribution in [2.75, 3.05) is 11.4 Å². The molecule has 1 unspecified atom stereocenters. The highest BCUT2D eigenvalue weighted by Crippen LogP contribution is 2.34. The van der Waals surface area contributed by atoms with Gasteiger partial charge in [0.2, 0.25) is 5.91 Å². The average Bonchev–Trinajstić information content (AvgIpc) is 2.69. The van der Waals surface area contributed by atoms with Crippen LogP contribution in [0.1, 0.15) is 29.8 Å². The Kier molecular flexibility index (Phi) is 3.92. The van der Waals surface area contributed by atoms with Crippen LogP contribution in [0.15, 0.2) is 16.6 Å². The lowest BCUT2D eigenvalue weighted by atomic mass is 10.0. The van der Waals surface area contributed by atoms with E-state index in [0.29, 0.717) is 12.1 Å². The van der Waals surface area contributed by atoms with Gasteiger partial charge < -0.3 is 4.90 Å². The number of fused-ring (bicyclic) bond motifs is 1. The Morgan fingerprint density at radius 3 is 2.61 bits per heavy atom. The highest BCUT2D eigenvalue weighted by Gasteiger charge is 2.26. The first kappa shape index (κ1) is 13.7. The molecular weight excluding hydrogens is 362 g/mol. The van der Waals surface area contributed by atoms with Gasteiger partial charge >= 0.3 is 0 Å². The van der Waals surface area contributed by atoms with Gasteiger partial charge in [0, 0.05) is 29.2 Å². The van der Waals surface area contributed by atoms with Crippen LogP contribution in [0.3, 0.4) is 0 Å². The summed E-state index contributed by atoms with van der Waals surface area (Å²) in [5.41, 5.74) is 2.59. The van der Waals surface area contributed by atoms with Gasteiger partial charge in [-0.1, -0.05) is 31.9 Å². The number of ketones is 1. The zero-order valence-electron chi connectivity index (χ0n) is 10.2. The molecule has 18 heavy (non-hydrogen) atoms. The van der Waals surface area contributed by atoms with E-state index in [1.165, 1.54) is 0 Å². The predicted octanol–water partition coefficient (Wildman–Crippen LogP) is 3.32. The minimum absolute atomic E-state index is 0.0140. The summed E-state index contributed by atoms with van der Waals surface area (Å²) in [5.74, 6) is 0.0291. The lowest BCUT2D eigenvalue weighted by molar-refractivity contribution is -0.116. The van der Waals surface area contributed by atoms with Crippen molar-refractivity contribution in [1.82, 2.24) is 0 Å². The number of hydrogen-bond donors (Lipinski definition) is 0. The van der Waals surface area contributed by atoms with Crippen LogP contribution in [-0.4, -0.2) is 23.1 Å². The Hall–Kier alpha value is -0.680. The standard InChI is InChI=1S/C13H13Br2NO2/c1-7(14)13(18)10-6-12-9(5-11(10)15)3-4-16(12)8(2)17/h5-7H,3-4H2,1-2H3. The zero-order valence-corrected chi connectivity index (χ0v) is 13.3. The van der Waals surface area contributed by atoms with Gasteiger partial charge in [-0.2, -0.15) is 0 Å². The molecule has 1 aromatic carbocycles. The summed E-state index contributed by atoms with van der Waals surface area (Å²) in [6.07, 6.45) is 0.839. The normalized spacial score (nSPS) is 15.4. The number of carbonyl (C=O) groups is 2. The minimum atomic E-state index is -0.237. The second kappa shape index (κ2) is 5.13. The number of benzene rings is 1. The van der Waals surface area contributed by atoms with E-state index in [9.17, 15) is 9.59 Å². The smallest absolute Gasteiger partial charge is 0.223 e. The van der Waals surface area contributed by atoms with E-state index in [-0.39, 0.29) is 16.5 Å². The maximum absolute atomic E-state index is 12.1. The molecule has 0 saturated carbocycles. The van der Waals surface area contributed by atoms with Crippen molar-refractivity contribution in [2.45, 2.75) is 25.1 Å². The lowest BCUT2D eigenvalue weighted by Crippen LogP contribution is -2.26. The van der Waals surface area contributed by atoms with Gasteiger partial charge in [-0.05, 0) is 31.0 Å². The summed E-state index contributed by atoms with van der Waals surface area (Å²) >= 11 is 6.72. The molecule has 5 heteroatoms. The quantitative estimate of drug-likeness (QED) is 0.588. The van der Waals surface area contributed by atoms with Crippen molar-refractivity contribution >= 4 is 49.2 Å². The Balaban J connectivity index is 2.50. The SMILES string of the molecule is CC(=O)N1CCc2cc(Br)c(C(=O)C(C)Br)cc21. The van der Waals surface area contributed by atoms with Crippen LogP contribution < -0.4 is 4.90 Å². The summed E-state index contributed by atoms with van der Waals surface area (Å²) in [4.78, 5) is 25.1. The third-order valence-corrected chi connectivity index (χ3v) is 4.14. The molecule has 1 amide bonds. The lowest BCUT2D eigenvalue weighted by Gasteiger charge is -2.16. The van der Waals surface area contributed by atoms with E-state index in [0.717, 1.165) is 22.1 Å². The summed E-state index contributed by atoms with van der Waals surface area (Å²) < 4.78 is 0.794. The first-order valence-electron chi connectivity index (χ1n) is 5.70. The van der Waals surface area contributed by atoms with Crippen molar-refractivity contribution in [3.8, 4) is 0 Å². The molecule has 1 aromatic rings. The highest BCUT2D eigenvalue weighted by molar-refractivity contribution is 9.10. The molecule has 1 aliphatic heterocycles. The molecule has 3 nitrogen and oxygen atoms in total. The van der Waals surface area contributed by atoms with Crippen molar-refractivity contribution < 1.29 is 9.59 Å². The largest absolute Gasteiger partial charge is 0.312 e. The van der Waals surface area contributed by atoms with E-state index in [1.807, 2.05) is 12.1 Å². The monoisotopic (exact) mass is 373 g/mol. The number of nitrogens with zero attached hydrogens (tertiary/aromatic N) is 1. The Labute approximate surface area is 123 Å². The maximum atomic E-state index is 12.1. The molecule has 0 radical (unpaired) electrons. The molecular formula is C13H13Br2NO2. The average molecular weight is 375 g/mol. The van der Waals surface area contributed by atoms with Gasteiger partial charge in [0.15, 0.2) is 5.78 Å². The Bertz CT molecular complexity index is 526. The summed E-state index contributed by atoms with van der Waals surface area (Å²) in [5, 5.41) is 0. The first-order valence-corrected chi connectivity index (χ1v) is 7.41.